The van der Waals surface area contributed by atoms with Crippen LogP contribution in [0, 0.1) is 5.92 Å². The van der Waals surface area contributed by atoms with Gasteiger partial charge >= 0.3 is 0 Å². The van der Waals surface area contributed by atoms with Gasteiger partial charge in [0, 0.05) is 18.2 Å². The van der Waals surface area contributed by atoms with Crippen molar-refractivity contribution < 1.29 is 13.2 Å². The van der Waals surface area contributed by atoms with Crippen LogP contribution in [0.4, 0.5) is 5.69 Å². The van der Waals surface area contributed by atoms with Crippen LogP contribution >= 0.6 is 11.6 Å². The average Bonchev–Trinajstić information content (AvgIpc) is 3.49. The van der Waals surface area contributed by atoms with Crippen molar-refractivity contribution in [3.05, 3.63) is 71.8 Å². The van der Waals surface area contributed by atoms with Crippen molar-refractivity contribution in [1.82, 2.24) is 4.90 Å². The molecule has 32 heavy (non-hydrogen) atoms. The van der Waals surface area contributed by atoms with Gasteiger partial charge in [0.15, 0.2) is 0 Å². The third-order valence-corrected chi connectivity index (χ3v) is 8.68. The molecule has 1 saturated carbocycles. The highest BCUT2D eigenvalue weighted by Crippen LogP contribution is 2.36. The van der Waals surface area contributed by atoms with Crippen LogP contribution in [0.15, 0.2) is 66.1 Å². The van der Waals surface area contributed by atoms with Crippen LogP contribution in [0.25, 0.3) is 0 Å². The monoisotopic (exact) mass is 472 g/mol. The van der Waals surface area contributed by atoms with Crippen LogP contribution in [0.5, 0.6) is 0 Å². The number of likely N-dealkylation sites (tertiary alicyclic amines) is 1. The number of anilines is 1. The molecule has 2 aromatic carbocycles. The van der Waals surface area contributed by atoms with Crippen LogP contribution in [0.3, 0.4) is 0 Å². The number of hydrogen-bond donors (Lipinski definition) is 0. The summed E-state index contributed by atoms with van der Waals surface area (Å²) >= 11 is 6.29. The van der Waals surface area contributed by atoms with Gasteiger partial charge in [0.05, 0.1) is 22.2 Å². The van der Waals surface area contributed by atoms with Gasteiger partial charge in [-0.05, 0) is 61.9 Å². The molecule has 4 rings (SSSR count). The highest BCUT2D eigenvalue weighted by Gasteiger charge is 2.36. The molecule has 2 fully saturated rings. The Morgan fingerprint density at radius 2 is 1.84 bits per heavy atom. The van der Waals surface area contributed by atoms with E-state index in [4.69, 9.17) is 11.6 Å². The van der Waals surface area contributed by atoms with Crippen molar-refractivity contribution >= 4 is 33.2 Å². The lowest BCUT2D eigenvalue weighted by Crippen LogP contribution is -2.39. The van der Waals surface area contributed by atoms with Crippen molar-refractivity contribution in [2.75, 3.05) is 17.4 Å². The van der Waals surface area contributed by atoms with E-state index in [2.05, 4.69) is 6.58 Å². The zero-order chi connectivity index (χ0) is 22.7. The summed E-state index contributed by atoms with van der Waals surface area (Å²) in [7, 11) is -3.94. The van der Waals surface area contributed by atoms with Crippen LogP contribution in [0.1, 0.15) is 48.9 Å². The van der Waals surface area contributed by atoms with Crippen LogP contribution in [0.2, 0.25) is 5.02 Å². The number of sulfonamides is 1. The number of halogens is 1. The van der Waals surface area contributed by atoms with Crippen molar-refractivity contribution in [1.29, 1.82) is 0 Å². The van der Waals surface area contributed by atoms with Crippen molar-refractivity contribution in [3.63, 3.8) is 0 Å². The molecule has 2 aliphatic rings. The summed E-state index contributed by atoms with van der Waals surface area (Å²) in [6, 6.07) is 13.4. The molecule has 1 saturated heterocycles. The van der Waals surface area contributed by atoms with Gasteiger partial charge in [-0.2, -0.15) is 0 Å². The number of amides is 1. The predicted octanol–water partition coefficient (Wildman–Crippen LogP) is 5.52. The van der Waals surface area contributed by atoms with Gasteiger partial charge in [0.2, 0.25) is 0 Å². The number of carbonyl (C=O) groups excluding carboxylic acids is 1. The molecule has 170 valence electrons. The van der Waals surface area contributed by atoms with Crippen molar-refractivity contribution in [3.8, 4) is 0 Å². The number of para-hydroxylation sites is 1. The summed E-state index contributed by atoms with van der Waals surface area (Å²) in [5, 5.41) is 0.335. The molecule has 1 aliphatic heterocycles. The molecule has 1 atom stereocenters. The minimum Gasteiger partial charge on any atom is -0.335 e. The zero-order valence-corrected chi connectivity index (χ0v) is 19.7. The Morgan fingerprint density at radius 3 is 2.56 bits per heavy atom. The van der Waals surface area contributed by atoms with Crippen LogP contribution in [-0.2, 0) is 10.0 Å². The molecule has 2 aromatic rings. The van der Waals surface area contributed by atoms with E-state index >= 15 is 0 Å². The van der Waals surface area contributed by atoms with Crippen molar-refractivity contribution in [2.24, 2.45) is 5.92 Å². The summed E-state index contributed by atoms with van der Waals surface area (Å²) in [5.41, 5.74) is 0.792. The Labute approximate surface area is 195 Å². The first-order valence-corrected chi connectivity index (χ1v) is 13.0. The minimum absolute atomic E-state index is 0.0696. The van der Waals surface area contributed by atoms with Gasteiger partial charge in [-0.3, -0.25) is 9.10 Å². The lowest BCUT2D eigenvalue weighted by molar-refractivity contribution is 0.0689. The van der Waals surface area contributed by atoms with E-state index in [1.165, 1.54) is 48.2 Å². The molecule has 1 unspecified atom stereocenters. The molecular weight excluding hydrogens is 444 g/mol. The number of nitrogens with zero attached hydrogens (tertiary/aromatic N) is 2. The van der Waals surface area contributed by atoms with Gasteiger partial charge in [-0.25, -0.2) is 8.42 Å². The maximum absolute atomic E-state index is 13.5. The van der Waals surface area contributed by atoms with E-state index in [1.807, 2.05) is 4.90 Å². The predicted molar refractivity (Wildman–Crippen MR) is 129 cm³/mol. The first kappa shape index (κ1) is 22.9. The quantitative estimate of drug-likeness (QED) is 0.499. The van der Waals surface area contributed by atoms with E-state index < -0.39 is 10.0 Å². The Kier molecular flexibility index (Phi) is 6.91. The number of carbonyl (C=O) groups is 1. The summed E-state index contributed by atoms with van der Waals surface area (Å²) in [5.74, 6) is 0.487. The van der Waals surface area contributed by atoms with Crippen molar-refractivity contribution in [2.45, 2.75) is 49.5 Å². The summed E-state index contributed by atoms with van der Waals surface area (Å²) < 4.78 is 28.3. The third-order valence-electron chi connectivity index (χ3n) is 6.59. The van der Waals surface area contributed by atoms with Gasteiger partial charge in [-0.1, -0.05) is 48.7 Å². The minimum atomic E-state index is -3.94. The van der Waals surface area contributed by atoms with Gasteiger partial charge in [0.1, 0.15) is 0 Å². The molecule has 0 aromatic heterocycles. The fourth-order valence-corrected chi connectivity index (χ4v) is 6.85. The maximum Gasteiger partial charge on any atom is 0.264 e. The molecule has 5 nitrogen and oxygen atoms in total. The Morgan fingerprint density at radius 1 is 1.09 bits per heavy atom. The third kappa shape index (κ3) is 4.44. The Bertz CT molecular complexity index is 1100. The van der Waals surface area contributed by atoms with Gasteiger partial charge in [-0.15, -0.1) is 6.58 Å². The van der Waals surface area contributed by atoms with Gasteiger partial charge < -0.3 is 4.90 Å². The van der Waals surface area contributed by atoms with E-state index in [1.54, 1.807) is 36.4 Å². The second-order valence-corrected chi connectivity index (χ2v) is 10.8. The lowest BCUT2D eigenvalue weighted by Gasteiger charge is -2.30. The molecule has 1 heterocycles. The van der Waals surface area contributed by atoms with E-state index in [0.717, 1.165) is 19.4 Å². The fraction of sp³-hybridized carbons (Fsp3) is 0.400. The normalized spacial score (nSPS) is 19.3. The summed E-state index contributed by atoms with van der Waals surface area (Å²) in [6.07, 6.45) is 8.38. The number of rotatable bonds is 7. The number of hydrogen-bond acceptors (Lipinski definition) is 3. The molecule has 1 amide bonds. The molecule has 0 radical (unpaired) electrons. The van der Waals surface area contributed by atoms with Crippen LogP contribution < -0.4 is 4.31 Å². The molecular formula is C25H29ClN2O3S. The number of benzene rings is 2. The Hall–Kier alpha value is -2.31. The zero-order valence-electron chi connectivity index (χ0n) is 18.1. The highest BCUT2D eigenvalue weighted by atomic mass is 35.5. The van der Waals surface area contributed by atoms with Crippen LogP contribution in [-0.4, -0.2) is 38.4 Å². The highest BCUT2D eigenvalue weighted by molar-refractivity contribution is 7.92. The topological polar surface area (TPSA) is 57.7 Å². The summed E-state index contributed by atoms with van der Waals surface area (Å²) in [4.78, 5) is 15.4. The molecule has 0 spiro atoms. The second kappa shape index (κ2) is 9.67. The van der Waals surface area contributed by atoms with E-state index in [9.17, 15) is 13.2 Å². The Balaban J connectivity index is 1.64. The first-order chi connectivity index (χ1) is 15.4. The first-order valence-electron chi connectivity index (χ1n) is 11.2. The SMILES string of the molecule is C=CCN(c1ccccc1Cl)S(=O)(=O)c1cccc(C(=O)N2CCCC2C2CCCC2)c1. The largest absolute Gasteiger partial charge is 0.335 e. The maximum atomic E-state index is 13.5. The summed E-state index contributed by atoms with van der Waals surface area (Å²) in [6.45, 7) is 4.50. The van der Waals surface area contributed by atoms with Gasteiger partial charge in [0.25, 0.3) is 15.9 Å². The molecule has 1 aliphatic carbocycles. The molecule has 7 heteroatoms. The van der Waals surface area contributed by atoms with E-state index in [0.29, 0.717) is 22.2 Å². The van der Waals surface area contributed by atoms with E-state index in [-0.39, 0.29) is 23.4 Å². The molecule has 0 bridgehead atoms. The second-order valence-electron chi connectivity index (χ2n) is 8.56. The fourth-order valence-electron chi connectivity index (χ4n) is 5.06. The smallest absolute Gasteiger partial charge is 0.264 e. The molecule has 0 N–H and O–H groups in total. The average molecular weight is 473 g/mol. The lowest BCUT2D eigenvalue weighted by atomic mass is 9.95. The standard InChI is InChI=1S/C25H29ClN2O3S/c1-2-16-28(24-14-6-5-13-22(24)26)32(30,31)21-12-7-11-20(18-21)25(29)27-17-8-15-23(27)19-9-3-4-10-19/h2,5-7,11-14,18-19,23H,1,3-4,8-10,15-17H2.